The molecular formula is C36H51NO6S. The number of benzene rings is 2. The van der Waals surface area contributed by atoms with Gasteiger partial charge in [0.2, 0.25) is 12.3 Å². The number of hydrogen-bond acceptors (Lipinski definition) is 6. The van der Waals surface area contributed by atoms with Crippen LogP contribution in [0, 0.1) is 20.8 Å². The highest BCUT2D eigenvalue weighted by Gasteiger charge is 2.35. The first kappa shape index (κ1) is 38.5. The van der Waals surface area contributed by atoms with Gasteiger partial charge < -0.3 is 14.6 Å². The lowest BCUT2D eigenvalue weighted by atomic mass is 9.84. The highest BCUT2D eigenvalue weighted by atomic mass is 32.2. The minimum atomic E-state index is -0.390. The van der Waals surface area contributed by atoms with Crippen molar-refractivity contribution < 1.29 is 29.0 Å². The van der Waals surface area contributed by atoms with Crippen LogP contribution in [0.5, 0.6) is 11.5 Å². The molecule has 44 heavy (non-hydrogen) atoms. The summed E-state index contributed by atoms with van der Waals surface area (Å²) >= 11 is 1.43. The topological polar surface area (TPSA) is 102 Å². The van der Waals surface area contributed by atoms with Crippen molar-refractivity contribution in [3.63, 3.8) is 0 Å². The molecule has 0 saturated carbocycles. The molecule has 2 N–H and O–H groups in total. The van der Waals surface area contributed by atoms with Crippen molar-refractivity contribution in [2.75, 3.05) is 12.9 Å². The van der Waals surface area contributed by atoms with Gasteiger partial charge in [0.1, 0.15) is 23.7 Å². The van der Waals surface area contributed by atoms with Crippen LogP contribution in [0.2, 0.25) is 0 Å². The number of nitrogens with one attached hydrogen (secondary N) is 1. The van der Waals surface area contributed by atoms with Crippen LogP contribution >= 0.6 is 11.8 Å². The molecule has 2 aromatic rings. The lowest BCUT2D eigenvalue weighted by Crippen LogP contribution is -2.42. The second kappa shape index (κ2) is 19.7. The number of carbonyl (C=O) groups excluding carboxylic acids is 2. The first-order chi connectivity index (χ1) is 20.9. The number of carboxylic acid groups (broad SMARTS) is 1. The van der Waals surface area contributed by atoms with E-state index in [0.29, 0.717) is 19.4 Å². The third-order valence-electron chi connectivity index (χ3n) is 7.58. The summed E-state index contributed by atoms with van der Waals surface area (Å²) in [5, 5.41) is 8.82. The van der Waals surface area contributed by atoms with E-state index < -0.39 is 5.60 Å². The second-order valence-electron chi connectivity index (χ2n) is 11.3. The number of ether oxygens (including phenoxy) is 2. The summed E-state index contributed by atoms with van der Waals surface area (Å²) < 4.78 is 12.7. The van der Waals surface area contributed by atoms with Crippen LogP contribution in [-0.2, 0) is 33.6 Å². The first-order valence-corrected chi connectivity index (χ1v) is 16.3. The predicted octanol–water partition coefficient (Wildman–Crippen LogP) is 7.50. The maximum Gasteiger partial charge on any atom is 0.290 e. The maximum absolute atomic E-state index is 12.0. The minimum absolute atomic E-state index is 0.250. The molecule has 0 saturated heterocycles. The van der Waals surface area contributed by atoms with E-state index in [9.17, 15) is 9.59 Å². The molecule has 8 heteroatoms. The summed E-state index contributed by atoms with van der Waals surface area (Å²) in [5.41, 5.74) is 8.81. The average molecular weight is 626 g/mol. The Morgan fingerprint density at radius 2 is 1.77 bits per heavy atom. The van der Waals surface area contributed by atoms with Gasteiger partial charge >= 0.3 is 0 Å². The number of hydrogen-bond donors (Lipinski definition) is 2. The van der Waals surface area contributed by atoms with Crippen molar-refractivity contribution in [2.24, 2.45) is 0 Å². The van der Waals surface area contributed by atoms with Crippen molar-refractivity contribution in [1.29, 1.82) is 0 Å². The fraction of sp³-hybridized carbons (Fsp3) is 0.472. The molecule has 2 aromatic carbocycles. The van der Waals surface area contributed by atoms with Gasteiger partial charge in [0.05, 0.1) is 5.25 Å². The van der Waals surface area contributed by atoms with Crippen molar-refractivity contribution in [3.05, 3.63) is 81.4 Å². The van der Waals surface area contributed by atoms with Gasteiger partial charge in [-0.05, 0) is 126 Å². The Morgan fingerprint density at radius 1 is 1.14 bits per heavy atom. The molecule has 0 fully saturated rings. The van der Waals surface area contributed by atoms with Gasteiger partial charge in [-0.15, -0.1) is 0 Å². The van der Waals surface area contributed by atoms with E-state index in [1.54, 1.807) is 0 Å². The Kier molecular flexibility index (Phi) is 17.2. The van der Waals surface area contributed by atoms with Crippen LogP contribution in [0.15, 0.2) is 48.1 Å². The standard InChI is InChI=1S/C28H37NO4S.C7H12.CH2O2/c1-7-8-23-18(2)19(3)26-24(20(23)4)13-14-28(5,33-26)16-32-22-11-9-21(10-12-22)15-25(34-6)27(31)29-17-30;1-4-5-6-7(2)3;2-1-3/h9-12,17,25H,7-8,13-16H2,1-6H3,(H,29,30,31);4-6H,1-3H3;1H,(H,2,3)/b;5-4-;. The largest absolute Gasteiger partial charge is 0.489 e. The van der Waals surface area contributed by atoms with Crippen LogP contribution < -0.4 is 14.8 Å². The molecular weight excluding hydrogens is 574 g/mol. The van der Waals surface area contributed by atoms with Gasteiger partial charge in [0.15, 0.2) is 0 Å². The molecule has 2 amide bonds. The molecule has 7 nitrogen and oxygen atoms in total. The lowest BCUT2D eigenvalue weighted by Gasteiger charge is -2.38. The summed E-state index contributed by atoms with van der Waals surface area (Å²) in [4.78, 5) is 30.9. The van der Waals surface area contributed by atoms with Crippen LogP contribution in [0.25, 0.3) is 0 Å². The monoisotopic (exact) mass is 625 g/mol. The number of allylic oxidation sites excluding steroid dienone is 4. The maximum atomic E-state index is 12.0. The first-order valence-electron chi connectivity index (χ1n) is 15.0. The fourth-order valence-corrected chi connectivity index (χ4v) is 5.65. The third-order valence-corrected chi connectivity index (χ3v) is 8.53. The molecule has 2 unspecified atom stereocenters. The molecule has 0 bridgehead atoms. The van der Waals surface area contributed by atoms with Crippen molar-refractivity contribution in [1.82, 2.24) is 5.32 Å². The van der Waals surface area contributed by atoms with Crippen molar-refractivity contribution in [2.45, 2.75) is 98.3 Å². The number of thioether (sulfide) groups is 1. The van der Waals surface area contributed by atoms with Gasteiger partial charge in [-0.2, -0.15) is 11.8 Å². The lowest BCUT2D eigenvalue weighted by molar-refractivity contribution is -0.125. The normalized spacial score (nSPS) is 15.7. The smallest absolute Gasteiger partial charge is 0.290 e. The van der Waals surface area contributed by atoms with Crippen LogP contribution in [0.4, 0.5) is 0 Å². The zero-order valence-corrected chi connectivity index (χ0v) is 28.7. The average Bonchev–Trinajstić information content (AvgIpc) is 3.00. The molecule has 1 aliphatic rings. The summed E-state index contributed by atoms with van der Waals surface area (Å²) in [6, 6.07) is 7.80. The minimum Gasteiger partial charge on any atom is -0.489 e. The Morgan fingerprint density at radius 3 is 2.27 bits per heavy atom. The highest BCUT2D eigenvalue weighted by Crippen LogP contribution is 2.41. The number of carbonyl (C=O) groups is 3. The molecule has 0 spiro atoms. The fourth-order valence-electron chi connectivity index (χ4n) is 5.00. The van der Waals surface area contributed by atoms with E-state index in [2.05, 4.69) is 59.9 Å². The van der Waals surface area contributed by atoms with E-state index in [0.717, 1.165) is 42.7 Å². The summed E-state index contributed by atoms with van der Waals surface area (Å²) in [6.45, 7) is 17.4. The molecule has 0 aromatic heterocycles. The number of imide groups is 1. The highest BCUT2D eigenvalue weighted by molar-refractivity contribution is 7.99. The zero-order valence-electron chi connectivity index (χ0n) is 27.9. The van der Waals surface area contributed by atoms with Crippen LogP contribution in [0.1, 0.15) is 80.8 Å². The van der Waals surface area contributed by atoms with Crippen LogP contribution in [0.3, 0.4) is 0 Å². The zero-order chi connectivity index (χ0) is 33.3. The molecule has 3 rings (SSSR count). The Balaban J connectivity index is 0.000000838. The number of rotatable bonds is 11. The quantitative estimate of drug-likeness (QED) is 0.197. The van der Waals surface area contributed by atoms with Gasteiger partial charge in [-0.3, -0.25) is 19.7 Å². The van der Waals surface area contributed by atoms with Crippen molar-refractivity contribution >= 4 is 30.6 Å². The van der Waals surface area contributed by atoms with E-state index in [1.165, 1.54) is 45.2 Å². The third kappa shape index (κ3) is 11.9. The van der Waals surface area contributed by atoms with Crippen molar-refractivity contribution in [3.8, 4) is 11.5 Å². The Hall–Kier alpha value is -3.52. The number of amides is 2. The summed E-state index contributed by atoms with van der Waals surface area (Å²) in [7, 11) is 0. The van der Waals surface area contributed by atoms with E-state index in [4.69, 9.17) is 19.4 Å². The van der Waals surface area contributed by atoms with Gasteiger partial charge in [0.25, 0.3) is 6.47 Å². The van der Waals surface area contributed by atoms with E-state index in [1.807, 2.05) is 49.6 Å². The Bertz CT molecular complexity index is 1280. The summed E-state index contributed by atoms with van der Waals surface area (Å²) in [5.74, 6) is 1.55. The molecule has 242 valence electrons. The van der Waals surface area contributed by atoms with Crippen LogP contribution in [-0.4, -0.2) is 47.6 Å². The van der Waals surface area contributed by atoms with Gasteiger partial charge in [-0.1, -0.05) is 49.3 Å². The Labute approximate surface area is 268 Å². The van der Waals surface area contributed by atoms with E-state index in [-0.39, 0.29) is 17.6 Å². The molecule has 1 heterocycles. The number of fused-ring (bicyclic) bond motifs is 1. The predicted molar refractivity (Wildman–Crippen MR) is 182 cm³/mol. The van der Waals surface area contributed by atoms with E-state index >= 15 is 0 Å². The van der Waals surface area contributed by atoms with Gasteiger partial charge in [-0.25, -0.2) is 0 Å². The molecule has 0 aliphatic carbocycles. The SMILES string of the molecule is C/C=C\C=C(C)C.CCCc1c(C)c(C)c2c(c1C)CCC(C)(COc1ccc(CC(SC)C(=O)NC=O)cc1)O2.O=CO. The second-order valence-corrected chi connectivity index (χ2v) is 12.4. The molecule has 1 aliphatic heterocycles. The van der Waals surface area contributed by atoms with Gasteiger partial charge in [0, 0.05) is 0 Å². The summed E-state index contributed by atoms with van der Waals surface area (Å²) in [6.07, 6.45) is 13.2. The molecule has 2 atom stereocenters. The molecule has 0 radical (unpaired) electrons.